The standard InChI is InChI=1S/C20H19FN2O/c1-4-5-8-23-16-9-11(2)12(3)19-18(16)17(20(23)24)14-10-13(21)6-7-15(14)22-19/h6-7,9-10H,4-5,8H2,1-3H3. The van der Waals surface area contributed by atoms with E-state index < -0.39 is 0 Å². The largest absolute Gasteiger partial charge is 0.308 e. The fraction of sp³-hybridized carbons (Fsp3) is 0.300. The van der Waals surface area contributed by atoms with Crippen molar-refractivity contribution >= 4 is 33.4 Å². The molecule has 0 aliphatic carbocycles. The lowest BCUT2D eigenvalue weighted by Crippen LogP contribution is -2.27. The van der Waals surface area contributed by atoms with Gasteiger partial charge < -0.3 is 4.90 Å². The quantitative estimate of drug-likeness (QED) is 0.642. The van der Waals surface area contributed by atoms with Crippen LogP contribution in [0.25, 0.3) is 21.8 Å². The minimum Gasteiger partial charge on any atom is -0.308 e. The minimum absolute atomic E-state index is 0.0357. The molecule has 1 aliphatic heterocycles. The molecule has 0 atom stereocenters. The number of anilines is 1. The first-order chi connectivity index (χ1) is 11.5. The first kappa shape index (κ1) is 15.1. The molecule has 4 rings (SSSR count). The third kappa shape index (κ3) is 1.95. The fourth-order valence-electron chi connectivity index (χ4n) is 3.55. The van der Waals surface area contributed by atoms with E-state index in [1.54, 1.807) is 6.07 Å². The van der Waals surface area contributed by atoms with Gasteiger partial charge in [0.15, 0.2) is 0 Å². The Balaban J connectivity index is 2.13. The zero-order valence-corrected chi connectivity index (χ0v) is 14.1. The molecule has 0 saturated heterocycles. The van der Waals surface area contributed by atoms with E-state index in [0.29, 0.717) is 23.0 Å². The SMILES string of the molecule is CCCCN1C(=O)c2c3cc(F)ccc3nc3c(C)c(C)cc1c23. The molecule has 0 fully saturated rings. The summed E-state index contributed by atoms with van der Waals surface area (Å²) >= 11 is 0. The molecule has 1 aromatic heterocycles. The third-order valence-corrected chi connectivity index (χ3v) is 4.99. The van der Waals surface area contributed by atoms with Crippen LogP contribution in [0.4, 0.5) is 10.1 Å². The van der Waals surface area contributed by atoms with Crippen molar-refractivity contribution in [2.75, 3.05) is 11.4 Å². The van der Waals surface area contributed by atoms with Crippen LogP contribution in [-0.2, 0) is 0 Å². The van der Waals surface area contributed by atoms with Crippen molar-refractivity contribution in [3.8, 4) is 0 Å². The van der Waals surface area contributed by atoms with Crippen LogP contribution < -0.4 is 4.90 Å². The number of pyridine rings is 1. The van der Waals surface area contributed by atoms with Crippen LogP contribution in [0.2, 0.25) is 0 Å². The zero-order chi connectivity index (χ0) is 17.0. The van der Waals surface area contributed by atoms with Crippen molar-refractivity contribution in [2.45, 2.75) is 33.6 Å². The van der Waals surface area contributed by atoms with Crippen LogP contribution in [0, 0.1) is 19.7 Å². The molecule has 2 heterocycles. The smallest absolute Gasteiger partial charge is 0.259 e. The summed E-state index contributed by atoms with van der Waals surface area (Å²) in [5.74, 6) is -0.378. The summed E-state index contributed by atoms with van der Waals surface area (Å²) in [5.41, 5.74) is 5.24. The molecular weight excluding hydrogens is 303 g/mol. The molecule has 0 radical (unpaired) electrons. The van der Waals surface area contributed by atoms with Gasteiger partial charge in [0.05, 0.1) is 22.3 Å². The van der Waals surface area contributed by atoms with Gasteiger partial charge in [-0.05, 0) is 55.7 Å². The van der Waals surface area contributed by atoms with Crippen molar-refractivity contribution in [1.82, 2.24) is 4.98 Å². The van der Waals surface area contributed by atoms with E-state index >= 15 is 0 Å². The summed E-state index contributed by atoms with van der Waals surface area (Å²) < 4.78 is 13.8. The highest BCUT2D eigenvalue weighted by atomic mass is 19.1. The van der Waals surface area contributed by atoms with Crippen LogP contribution in [-0.4, -0.2) is 17.4 Å². The van der Waals surface area contributed by atoms with Crippen LogP contribution in [0.15, 0.2) is 24.3 Å². The topological polar surface area (TPSA) is 33.2 Å². The summed E-state index contributed by atoms with van der Waals surface area (Å²) in [6, 6.07) is 6.55. The molecule has 1 aliphatic rings. The summed E-state index contributed by atoms with van der Waals surface area (Å²) in [4.78, 5) is 19.7. The Morgan fingerprint density at radius 1 is 1.21 bits per heavy atom. The summed E-state index contributed by atoms with van der Waals surface area (Å²) in [6.45, 7) is 6.86. The summed E-state index contributed by atoms with van der Waals surface area (Å²) in [7, 11) is 0. The Labute approximate surface area is 140 Å². The highest BCUT2D eigenvalue weighted by Crippen LogP contribution is 2.42. The molecular formula is C20H19FN2O. The highest BCUT2D eigenvalue weighted by molar-refractivity contribution is 6.30. The number of carbonyl (C=O) groups excluding carboxylic acids is 1. The van der Waals surface area contributed by atoms with Gasteiger partial charge in [0.25, 0.3) is 5.91 Å². The average molecular weight is 322 g/mol. The Morgan fingerprint density at radius 2 is 2.00 bits per heavy atom. The van der Waals surface area contributed by atoms with Gasteiger partial charge in [-0.15, -0.1) is 0 Å². The van der Waals surface area contributed by atoms with E-state index in [4.69, 9.17) is 4.98 Å². The molecule has 3 aromatic rings. The van der Waals surface area contributed by atoms with Gasteiger partial charge in [0.2, 0.25) is 0 Å². The van der Waals surface area contributed by atoms with E-state index in [1.165, 1.54) is 12.1 Å². The molecule has 3 nitrogen and oxygen atoms in total. The van der Waals surface area contributed by atoms with E-state index in [-0.39, 0.29) is 11.7 Å². The van der Waals surface area contributed by atoms with E-state index in [1.807, 2.05) is 18.7 Å². The number of unbranched alkanes of at least 4 members (excludes halogenated alkanes) is 1. The number of carbonyl (C=O) groups is 1. The van der Waals surface area contributed by atoms with Crippen LogP contribution >= 0.6 is 0 Å². The van der Waals surface area contributed by atoms with Crippen LogP contribution in [0.3, 0.4) is 0 Å². The third-order valence-electron chi connectivity index (χ3n) is 4.99. The lowest BCUT2D eigenvalue weighted by molar-refractivity contribution is 0.0994. The van der Waals surface area contributed by atoms with Crippen molar-refractivity contribution < 1.29 is 9.18 Å². The van der Waals surface area contributed by atoms with Gasteiger partial charge in [-0.2, -0.15) is 0 Å². The number of fused-ring (bicyclic) bond motifs is 2. The Kier molecular flexibility index (Phi) is 3.30. The second kappa shape index (κ2) is 5.26. The number of hydrogen-bond donors (Lipinski definition) is 0. The number of halogens is 1. The van der Waals surface area contributed by atoms with Gasteiger partial charge in [-0.1, -0.05) is 13.3 Å². The fourth-order valence-corrected chi connectivity index (χ4v) is 3.55. The lowest BCUT2D eigenvalue weighted by atomic mass is 9.99. The predicted molar refractivity (Wildman–Crippen MR) is 95.3 cm³/mol. The van der Waals surface area contributed by atoms with E-state index in [2.05, 4.69) is 13.0 Å². The van der Waals surface area contributed by atoms with E-state index in [9.17, 15) is 9.18 Å². The number of amides is 1. The first-order valence-electron chi connectivity index (χ1n) is 8.38. The number of nitrogens with zero attached hydrogens (tertiary/aromatic N) is 2. The second-order valence-corrected chi connectivity index (χ2v) is 6.52. The van der Waals surface area contributed by atoms with Gasteiger partial charge in [-0.25, -0.2) is 9.37 Å². The van der Waals surface area contributed by atoms with Gasteiger partial charge in [-0.3, -0.25) is 4.79 Å². The van der Waals surface area contributed by atoms with E-state index in [0.717, 1.165) is 40.6 Å². The number of aromatic nitrogens is 1. The van der Waals surface area contributed by atoms with Gasteiger partial charge >= 0.3 is 0 Å². The molecule has 1 amide bonds. The molecule has 24 heavy (non-hydrogen) atoms. The Bertz CT molecular complexity index is 1010. The van der Waals surface area contributed by atoms with Crippen molar-refractivity contribution in [1.29, 1.82) is 0 Å². The van der Waals surface area contributed by atoms with Crippen molar-refractivity contribution in [3.05, 3.63) is 46.8 Å². The monoisotopic (exact) mass is 322 g/mol. The maximum Gasteiger partial charge on any atom is 0.259 e. The van der Waals surface area contributed by atoms with Gasteiger partial charge in [0.1, 0.15) is 5.82 Å². The summed E-state index contributed by atoms with van der Waals surface area (Å²) in [6.07, 6.45) is 1.95. The zero-order valence-electron chi connectivity index (χ0n) is 14.1. The Hall–Kier alpha value is -2.49. The second-order valence-electron chi connectivity index (χ2n) is 6.52. The normalized spacial score (nSPS) is 13.5. The molecule has 0 spiro atoms. The number of rotatable bonds is 3. The lowest BCUT2D eigenvalue weighted by Gasteiger charge is -2.18. The number of benzene rings is 2. The maximum absolute atomic E-state index is 13.8. The highest BCUT2D eigenvalue weighted by Gasteiger charge is 2.33. The minimum atomic E-state index is -0.343. The van der Waals surface area contributed by atoms with Crippen molar-refractivity contribution in [3.63, 3.8) is 0 Å². The molecule has 0 unspecified atom stereocenters. The summed E-state index contributed by atoms with van der Waals surface area (Å²) in [5, 5.41) is 1.48. The van der Waals surface area contributed by atoms with Crippen LogP contribution in [0.5, 0.6) is 0 Å². The van der Waals surface area contributed by atoms with Crippen LogP contribution in [0.1, 0.15) is 41.3 Å². The molecule has 0 saturated carbocycles. The molecule has 122 valence electrons. The number of aryl methyl sites for hydroxylation is 2. The average Bonchev–Trinajstić information content (AvgIpc) is 2.84. The predicted octanol–water partition coefficient (Wildman–Crippen LogP) is 4.90. The molecule has 2 aromatic carbocycles. The molecule has 0 bridgehead atoms. The van der Waals surface area contributed by atoms with Gasteiger partial charge in [0, 0.05) is 17.3 Å². The number of hydrogen-bond acceptors (Lipinski definition) is 2. The Morgan fingerprint density at radius 3 is 2.75 bits per heavy atom. The molecule has 4 heteroatoms. The first-order valence-corrected chi connectivity index (χ1v) is 8.38. The van der Waals surface area contributed by atoms with Crippen molar-refractivity contribution in [2.24, 2.45) is 0 Å². The molecule has 0 N–H and O–H groups in total. The maximum atomic E-state index is 13.8.